The van der Waals surface area contributed by atoms with Gasteiger partial charge in [-0.1, -0.05) is 6.58 Å². The number of carbonyl (C=O) groups excluding carboxylic acids is 2. The molecule has 1 unspecified atom stereocenters. The number of carbonyl (C=O) groups is 2. The van der Waals surface area contributed by atoms with Crippen LogP contribution < -0.4 is 11.1 Å². The van der Waals surface area contributed by atoms with Gasteiger partial charge in [0.2, 0.25) is 5.83 Å². The van der Waals surface area contributed by atoms with Gasteiger partial charge in [-0.3, -0.25) is 9.35 Å². The van der Waals surface area contributed by atoms with Crippen molar-refractivity contribution in [1.82, 2.24) is 5.32 Å². The van der Waals surface area contributed by atoms with Gasteiger partial charge in [-0.15, -0.1) is 0 Å². The van der Waals surface area contributed by atoms with Gasteiger partial charge in [-0.25, -0.2) is 4.79 Å². The number of hydrogen-bond donors (Lipinski definition) is 3. The maximum absolute atomic E-state index is 13.3. The molecule has 0 aliphatic rings. The summed E-state index contributed by atoms with van der Waals surface area (Å²) in [6.07, 6.45) is -7.99. The second-order valence-corrected chi connectivity index (χ2v) is 6.21. The van der Waals surface area contributed by atoms with E-state index in [1.165, 1.54) is 5.32 Å². The third kappa shape index (κ3) is 6.33. The first-order valence-electron chi connectivity index (χ1n) is 6.63. The van der Waals surface area contributed by atoms with Gasteiger partial charge in [0.15, 0.2) is 0 Å². The fraction of sp³-hybridized carbons (Fsp3) is 0.636. The van der Waals surface area contributed by atoms with Crippen molar-refractivity contribution in [2.24, 2.45) is 5.73 Å². The quantitative estimate of drug-likeness (QED) is 0.146. The summed E-state index contributed by atoms with van der Waals surface area (Å²) in [4.78, 5) is 22.9. The minimum absolute atomic E-state index is 0.399. The van der Waals surface area contributed by atoms with Gasteiger partial charge >= 0.3 is 39.2 Å². The van der Waals surface area contributed by atoms with Gasteiger partial charge in [0.05, 0.1) is 13.0 Å². The molecule has 0 spiro atoms. The molecule has 9 nitrogen and oxygen atoms in total. The summed E-state index contributed by atoms with van der Waals surface area (Å²) in [5.41, 5.74) is 4.97. The minimum Gasteiger partial charge on any atom is -0.410 e. The molecule has 0 rings (SSSR count). The molecule has 1 atom stereocenters. The first-order valence-corrected chi connectivity index (χ1v) is 8.07. The van der Waals surface area contributed by atoms with Crippen LogP contribution in [0.25, 0.3) is 0 Å². The molecule has 27 heavy (non-hydrogen) atoms. The molecule has 0 radical (unpaired) electrons. The topological polar surface area (TPSA) is 145 Å². The maximum atomic E-state index is 13.3. The molecule has 0 saturated carbocycles. The molecule has 0 fully saturated rings. The van der Waals surface area contributed by atoms with E-state index < -0.39 is 71.2 Å². The molecular formula is C11H14F6N2O7S. The molecule has 1 amide bonds. The van der Waals surface area contributed by atoms with E-state index in [4.69, 9.17) is 10.3 Å². The highest BCUT2D eigenvalue weighted by Crippen LogP contribution is 2.37. The molecule has 0 saturated heterocycles. The highest BCUT2D eigenvalue weighted by atomic mass is 32.2. The van der Waals surface area contributed by atoms with E-state index in [2.05, 4.69) is 16.1 Å². The zero-order chi connectivity index (χ0) is 21.7. The Balaban J connectivity index is 5.82. The van der Waals surface area contributed by atoms with E-state index >= 15 is 0 Å². The number of nitrogens with one attached hydrogen (secondary N) is 1. The van der Waals surface area contributed by atoms with Crippen molar-refractivity contribution in [2.75, 3.05) is 19.7 Å². The summed E-state index contributed by atoms with van der Waals surface area (Å²) < 4.78 is 116. The van der Waals surface area contributed by atoms with Crippen LogP contribution in [0.15, 0.2) is 12.4 Å². The number of nitrogens with two attached hydrogens (primary N) is 1. The maximum Gasteiger partial charge on any atom is 0.466 e. The molecule has 16 heteroatoms. The van der Waals surface area contributed by atoms with Crippen molar-refractivity contribution in [2.45, 2.75) is 23.6 Å². The van der Waals surface area contributed by atoms with Crippen LogP contribution in [0.1, 0.15) is 6.42 Å². The number of amides is 1. The molecule has 0 aromatic rings. The summed E-state index contributed by atoms with van der Waals surface area (Å²) in [7, 11) is -6.02. The molecule has 0 heterocycles. The third-order valence-corrected chi connectivity index (χ3v) is 3.59. The lowest BCUT2D eigenvalue weighted by Crippen LogP contribution is -2.62. The number of alkyl halides is 5. The van der Waals surface area contributed by atoms with Crippen LogP contribution in [0.5, 0.6) is 0 Å². The number of rotatable bonds is 10. The second kappa shape index (κ2) is 8.85. The minimum atomic E-state index is -6.02. The van der Waals surface area contributed by atoms with Crippen molar-refractivity contribution in [3.63, 3.8) is 0 Å². The van der Waals surface area contributed by atoms with Crippen LogP contribution in [0, 0.1) is 0 Å². The summed E-state index contributed by atoms with van der Waals surface area (Å²) in [5, 5.41) is -3.44. The molecule has 0 bridgehead atoms. The lowest BCUT2D eigenvalue weighted by Gasteiger charge is -2.33. The van der Waals surface area contributed by atoms with Gasteiger partial charge in [0, 0.05) is 13.1 Å². The molecular weight excluding hydrogens is 418 g/mol. The average Bonchev–Trinajstić information content (AvgIpc) is 2.48. The van der Waals surface area contributed by atoms with Crippen LogP contribution in [-0.4, -0.2) is 61.8 Å². The monoisotopic (exact) mass is 432 g/mol. The predicted molar refractivity (Wildman–Crippen MR) is 74.3 cm³/mol. The second-order valence-electron chi connectivity index (χ2n) is 4.66. The number of ether oxygens (including phenoxy) is 2. The van der Waals surface area contributed by atoms with E-state index in [-0.39, 0.29) is 0 Å². The van der Waals surface area contributed by atoms with Gasteiger partial charge in [0.1, 0.15) is 0 Å². The average molecular weight is 432 g/mol. The van der Waals surface area contributed by atoms with Crippen molar-refractivity contribution in [3.8, 4) is 0 Å². The number of halogens is 6. The van der Waals surface area contributed by atoms with Gasteiger partial charge in [-0.05, 0) is 0 Å². The Labute approximate surface area is 148 Å². The van der Waals surface area contributed by atoms with E-state index in [0.717, 1.165) is 0 Å². The number of hydrogen-bond acceptors (Lipinski definition) is 7. The van der Waals surface area contributed by atoms with E-state index in [1.54, 1.807) is 0 Å². The first-order chi connectivity index (χ1) is 12.0. The van der Waals surface area contributed by atoms with Crippen LogP contribution in [-0.2, 0) is 29.2 Å². The SMILES string of the molecule is C=C(F)C(=O)OC(OCCC(F)(F)S(=O)(=O)O)(C(=O)NCCN)C(F)(F)F. The fourth-order valence-electron chi connectivity index (χ4n) is 1.34. The Morgan fingerprint density at radius 2 is 1.70 bits per heavy atom. The van der Waals surface area contributed by atoms with Crippen LogP contribution >= 0.6 is 0 Å². The Hall–Kier alpha value is -1.91. The third-order valence-electron chi connectivity index (χ3n) is 2.64. The van der Waals surface area contributed by atoms with Crippen molar-refractivity contribution >= 4 is 22.0 Å². The van der Waals surface area contributed by atoms with Gasteiger partial charge < -0.3 is 20.5 Å². The Morgan fingerprint density at radius 3 is 2.07 bits per heavy atom. The summed E-state index contributed by atoms with van der Waals surface area (Å²) in [5.74, 6) is -11.4. The van der Waals surface area contributed by atoms with E-state index in [0.29, 0.717) is 0 Å². The van der Waals surface area contributed by atoms with Crippen LogP contribution in [0.3, 0.4) is 0 Å². The smallest absolute Gasteiger partial charge is 0.410 e. The molecule has 0 aromatic carbocycles. The highest BCUT2D eigenvalue weighted by molar-refractivity contribution is 7.86. The molecule has 4 N–H and O–H groups in total. The van der Waals surface area contributed by atoms with Crippen molar-refractivity contribution in [1.29, 1.82) is 0 Å². The predicted octanol–water partition coefficient (Wildman–Crippen LogP) is 0.234. The molecule has 0 aromatic heterocycles. The lowest BCUT2D eigenvalue weighted by molar-refractivity contribution is -0.348. The molecule has 0 aliphatic carbocycles. The summed E-state index contributed by atoms with van der Waals surface area (Å²) >= 11 is 0. The Morgan fingerprint density at radius 1 is 1.19 bits per heavy atom. The van der Waals surface area contributed by atoms with E-state index in [1.807, 2.05) is 0 Å². The van der Waals surface area contributed by atoms with Crippen LogP contribution in [0.4, 0.5) is 26.3 Å². The fourth-order valence-corrected chi connectivity index (χ4v) is 1.68. The van der Waals surface area contributed by atoms with Gasteiger partial charge in [-0.2, -0.15) is 34.8 Å². The summed E-state index contributed by atoms with van der Waals surface area (Å²) in [6.45, 7) is -0.535. The van der Waals surface area contributed by atoms with Crippen molar-refractivity contribution in [3.05, 3.63) is 12.4 Å². The Kier molecular flexibility index (Phi) is 8.23. The molecule has 158 valence electrons. The zero-order valence-electron chi connectivity index (χ0n) is 13.2. The standard InChI is InChI=1S/C11H14F6N2O7S/c1-6(12)7(20)26-10(11(15,16)17,8(21)19-4-3-18)25-5-2-9(13,14)27(22,23)24/h1-5,18H2,(H,19,21)(H,22,23,24). The number of esters is 1. The van der Waals surface area contributed by atoms with Crippen LogP contribution in [0.2, 0.25) is 0 Å². The lowest BCUT2D eigenvalue weighted by atomic mass is 10.2. The normalized spacial score (nSPS) is 15.0. The van der Waals surface area contributed by atoms with E-state index in [9.17, 15) is 44.3 Å². The molecule has 0 aliphatic heterocycles. The van der Waals surface area contributed by atoms with Crippen molar-refractivity contribution < 1.29 is 58.4 Å². The largest absolute Gasteiger partial charge is 0.466 e. The highest BCUT2D eigenvalue weighted by Gasteiger charge is 2.66. The Bertz CT molecular complexity index is 681. The van der Waals surface area contributed by atoms with Gasteiger partial charge in [0.25, 0.3) is 0 Å². The zero-order valence-corrected chi connectivity index (χ0v) is 14.0. The first kappa shape index (κ1) is 25.1. The summed E-state index contributed by atoms with van der Waals surface area (Å²) in [6, 6.07) is 0.